The van der Waals surface area contributed by atoms with Crippen LogP contribution in [0, 0.1) is 11.7 Å². The Morgan fingerprint density at radius 2 is 2.21 bits per heavy atom. The van der Waals surface area contributed by atoms with Gasteiger partial charge in [0.15, 0.2) is 11.6 Å². The molecule has 1 aliphatic carbocycles. The molecule has 174 valence electrons. The van der Waals surface area contributed by atoms with Crippen LogP contribution in [0.3, 0.4) is 0 Å². The van der Waals surface area contributed by atoms with Crippen LogP contribution in [0.25, 0.3) is 0 Å². The van der Waals surface area contributed by atoms with E-state index in [1.165, 1.54) is 6.21 Å². The predicted molar refractivity (Wildman–Crippen MR) is 126 cm³/mol. The average Bonchev–Trinajstić information content (AvgIpc) is 2.83. The largest absolute Gasteiger partial charge is 0.378 e. The normalized spacial score (nSPS) is 25.1. The number of aromatic nitrogens is 2. The molecule has 0 spiro atoms. The van der Waals surface area contributed by atoms with Crippen LogP contribution in [0.15, 0.2) is 51.7 Å². The molecular weight excluding hydrogens is 449 g/mol. The average molecular weight is 474 g/mol. The molecule has 1 fully saturated rings. The Bertz CT molecular complexity index is 1030. The topological polar surface area (TPSA) is 104 Å². The van der Waals surface area contributed by atoms with Gasteiger partial charge in [-0.25, -0.2) is 14.8 Å². The summed E-state index contributed by atoms with van der Waals surface area (Å²) < 4.78 is 19.4. The van der Waals surface area contributed by atoms with Gasteiger partial charge < -0.3 is 15.0 Å². The number of hydrogen-bond donors (Lipinski definition) is 2. The van der Waals surface area contributed by atoms with Gasteiger partial charge in [0.25, 0.3) is 0 Å². The van der Waals surface area contributed by atoms with Crippen molar-refractivity contribution in [1.82, 2.24) is 15.3 Å². The number of rotatable bonds is 6. The van der Waals surface area contributed by atoms with E-state index in [9.17, 15) is 9.18 Å². The van der Waals surface area contributed by atoms with Gasteiger partial charge in [0, 0.05) is 18.1 Å². The van der Waals surface area contributed by atoms with Gasteiger partial charge in [0.2, 0.25) is 11.9 Å². The zero-order valence-electron chi connectivity index (χ0n) is 18.1. The van der Waals surface area contributed by atoms with E-state index in [1.807, 2.05) is 25.2 Å². The number of dihydropyridines is 1. The summed E-state index contributed by atoms with van der Waals surface area (Å²) in [6.07, 6.45) is 12.4. The van der Waals surface area contributed by atoms with Gasteiger partial charge in [0.05, 0.1) is 37.4 Å². The van der Waals surface area contributed by atoms with Crippen molar-refractivity contribution in [2.45, 2.75) is 25.4 Å². The van der Waals surface area contributed by atoms with Crippen molar-refractivity contribution in [2.75, 3.05) is 36.6 Å². The molecule has 3 aliphatic rings. The van der Waals surface area contributed by atoms with Crippen LogP contribution in [0.2, 0.25) is 0 Å². The molecule has 3 atom stereocenters. The van der Waals surface area contributed by atoms with Gasteiger partial charge in [-0.1, -0.05) is 36.8 Å². The number of anilines is 2. The lowest BCUT2D eigenvalue weighted by atomic mass is 9.96. The van der Waals surface area contributed by atoms with Crippen LogP contribution in [0.1, 0.15) is 13.3 Å². The molecule has 0 aromatic carbocycles. The van der Waals surface area contributed by atoms with Gasteiger partial charge in [-0.05, 0) is 24.5 Å². The Balaban J connectivity index is 1.37. The highest BCUT2D eigenvalue weighted by atomic mass is 35.5. The molecule has 2 N–H and O–H groups in total. The van der Waals surface area contributed by atoms with E-state index in [0.717, 1.165) is 6.20 Å². The number of amides is 1. The van der Waals surface area contributed by atoms with E-state index in [4.69, 9.17) is 16.3 Å². The zero-order valence-corrected chi connectivity index (χ0v) is 18.9. The lowest BCUT2D eigenvalue weighted by molar-refractivity contribution is -0.122. The molecule has 3 heterocycles. The molecule has 4 rings (SSSR count). The summed E-state index contributed by atoms with van der Waals surface area (Å²) in [6, 6.07) is -0.839. The highest BCUT2D eigenvalue weighted by Gasteiger charge is 2.27. The maximum absolute atomic E-state index is 14.1. The SMILES string of the molecule is CC1C=CC=C(Cl)C1NC(=O)C1CC=CC(/C=N/Nc2ncc(F)c(N3CCOCC3)n2)=N1. The van der Waals surface area contributed by atoms with Gasteiger partial charge in [-0.2, -0.15) is 10.1 Å². The molecule has 2 aliphatic heterocycles. The maximum Gasteiger partial charge on any atom is 0.245 e. The minimum atomic E-state index is -0.575. The zero-order chi connectivity index (χ0) is 23.2. The number of aliphatic imine (C=N–C) groups is 1. The number of nitrogens with zero attached hydrogens (tertiary/aromatic N) is 5. The third kappa shape index (κ3) is 5.82. The van der Waals surface area contributed by atoms with Gasteiger partial charge in [0.1, 0.15) is 6.04 Å². The van der Waals surface area contributed by atoms with Crippen LogP contribution in [0.4, 0.5) is 16.2 Å². The Hall–Kier alpha value is -3.11. The summed E-state index contributed by atoms with van der Waals surface area (Å²) >= 11 is 6.26. The number of morpholine rings is 1. The molecule has 1 aromatic heterocycles. The van der Waals surface area contributed by atoms with Gasteiger partial charge in [-0.3, -0.25) is 9.79 Å². The second-order valence-corrected chi connectivity index (χ2v) is 8.26. The number of carbonyl (C=O) groups excluding carboxylic acids is 1. The molecule has 11 heteroatoms. The second kappa shape index (κ2) is 10.7. The summed E-state index contributed by atoms with van der Waals surface area (Å²) in [5.74, 6) is -0.244. The Morgan fingerprint density at radius 1 is 1.39 bits per heavy atom. The quantitative estimate of drug-likeness (QED) is 0.486. The fourth-order valence-corrected chi connectivity index (χ4v) is 3.96. The minimum absolute atomic E-state index is 0.0952. The first-order valence-electron chi connectivity index (χ1n) is 10.7. The van der Waals surface area contributed by atoms with Crippen molar-refractivity contribution >= 4 is 41.2 Å². The van der Waals surface area contributed by atoms with Crippen LogP contribution >= 0.6 is 11.6 Å². The van der Waals surface area contributed by atoms with Crippen LogP contribution in [0.5, 0.6) is 0 Å². The highest BCUT2D eigenvalue weighted by Crippen LogP contribution is 2.23. The van der Waals surface area contributed by atoms with E-state index < -0.39 is 11.9 Å². The molecule has 1 aromatic rings. The number of ether oxygens (including phenoxy) is 1. The minimum Gasteiger partial charge on any atom is -0.378 e. The van der Waals surface area contributed by atoms with E-state index >= 15 is 0 Å². The van der Waals surface area contributed by atoms with Crippen LogP contribution in [-0.2, 0) is 9.53 Å². The van der Waals surface area contributed by atoms with E-state index in [1.54, 1.807) is 17.1 Å². The van der Waals surface area contributed by atoms with Gasteiger partial charge in [-0.15, -0.1) is 0 Å². The molecular formula is C22H25ClFN7O2. The van der Waals surface area contributed by atoms with Crippen molar-refractivity contribution in [3.8, 4) is 0 Å². The number of hydrogen-bond acceptors (Lipinski definition) is 8. The second-order valence-electron chi connectivity index (χ2n) is 7.82. The number of halogens is 2. The summed E-state index contributed by atoms with van der Waals surface area (Å²) in [4.78, 5) is 27.1. The smallest absolute Gasteiger partial charge is 0.245 e. The summed E-state index contributed by atoms with van der Waals surface area (Å²) in [7, 11) is 0. The Labute approximate surface area is 196 Å². The van der Waals surface area contributed by atoms with E-state index in [0.29, 0.717) is 43.5 Å². The predicted octanol–water partition coefficient (Wildman–Crippen LogP) is 2.43. The van der Waals surface area contributed by atoms with Gasteiger partial charge >= 0.3 is 0 Å². The Morgan fingerprint density at radius 3 is 3.00 bits per heavy atom. The van der Waals surface area contributed by atoms with Crippen LogP contribution in [-0.4, -0.2) is 66.2 Å². The lowest BCUT2D eigenvalue weighted by Crippen LogP contribution is -2.45. The molecule has 1 amide bonds. The van der Waals surface area contributed by atoms with Crippen molar-refractivity contribution in [1.29, 1.82) is 0 Å². The third-order valence-electron chi connectivity index (χ3n) is 5.44. The standard InChI is InChI=1S/C22H25ClFN7O2/c1-14-4-2-6-16(23)19(14)28-21(32)18-7-3-5-15(27-18)12-26-30-22-25-13-17(24)20(29-22)31-8-10-33-11-9-31/h2-6,12-14,18-19H,7-11H2,1H3,(H,28,32)(H,25,29,30)/b26-12+. The first kappa shape index (κ1) is 23.1. The van der Waals surface area contributed by atoms with Crippen molar-refractivity contribution < 1.29 is 13.9 Å². The summed E-state index contributed by atoms with van der Waals surface area (Å²) in [5, 5.41) is 7.66. The molecule has 9 nitrogen and oxygen atoms in total. The molecule has 33 heavy (non-hydrogen) atoms. The third-order valence-corrected chi connectivity index (χ3v) is 5.80. The lowest BCUT2D eigenvalue weighted by Gasteiger charge is -2.27. The number of carbonyl (C=O) groups is 1. The van der Waals surface area contributed by atoms with E-state index in [-0.39, 0.29) is 29.6 Å². The van der Waals surface area contributed by atoms with Crippen LogP contribution < -0.4 is 15.6 Å². The fourth-order valence-electron chi connectivity index (χ4n) is 3.64. The van der Waals surface area contributed by atoms with E-state index in [2.05, 4.69) is 30.8 Å². The van der Waals surface area contributed by atoms with Crippen molar-refractivity contribution in [3.05, 3.63) is 47.4 Å². The first-order chi connectivity index (χ1) is 16.0. The molecule has 1 saturated heterocycles. The maximum atomic E-state index is 14.1. The Kier molecular flexibility index (Phi) is 7.46. The molecule has 0 saturated carbocycles. The summed E-state index contributed by atoms with van der Waals surface area (Å²) in [6.45, 7) is 4.14. The number of allylic oxidation sites excluding steroid dienone is 3. The monoisotopic (exact) mass is 473 g/mol. The number of nitrogens with one attached hydrogen (secondary N) is 2. The first-order valence-corrected chi connectivity index (χ1v) is 11.1. The molecule has 3 unspecified atom stereocenters. The summed E-state index contributed by atoms with van der Waals surface area (Å²) in [5.41, 5.74) is 3.21. The fraction of sp³-hybridized carbons (Fsp3) is 0.409. The number of hydrazone groups is 1. The molecule has 0 radical (unpaired) electrons. The highest BCUT2D eigenvalue weighted by molar-refractivity contribution is 6.36. The van der Waals surface area contributed by atoms with Crippen molar-refractivity contribution in [3.63, 3.8) is 0 Å². The van der Waals surface area contributed by atoms with Crippen molar-refractivity contribution in [2.24, 2.45) is 16.0 Å². The molecule has 0 bridgehead atoms.